The standard InChI is InChI=1S/C61H112O5/c1-4-7-10-13-16-19-22-25-27-29-30-31-33-35-38-41-44-47-50-53-56-64-57-59(66-61(63)55-52-49-46-43-40-36-24-21-18-15-12-9-6-3)58-65-60(62)54-51-48-45-42-39-37-34-32-28-26-23-20-17-14-11-8-5-2/h12,15-16,19,21,24-25,27,59H,4-11,13-14,17-18,20,22-23,26,28-58H2,1-3H3/b15-12-,19-16-,24-21-,27-25-. The van der Waals surface area contributed by atoms with Gasteiger partial charge in [0.15, 0.2) is 6.10 Å². The first-order valence-electron chi connectivity index (χ1n) is 29.2. The lowest BCUT2D eigenvalue weighted by Crippen LogP contribution is -2.30. The third-order valence-electron chi connectivity index (χ3n) is 12.8. The lowest BCUT2D eigenvalue weighted by molar-refractivity contribution is -0.163. The van der Waals surface area contributed by atoms with Gasteiger partial charge < -0.3 is 14.2 Å². The summed E-state index contributed by atoms with van der Waals surface area (Å²) in [5.74, 6) is -0.399. The molecule has 0 fully saturated rings. The van der Waals surface area contributed by atoms with Crippen molar-refractivity contribution in [3.05, 3.63) is 48.6 Å². The van der Waals surface area contributed by atoms with Gasteiger partial charge in [-0.2, -0.15) is 0 Å². The summed E-state index contributed by atoms with van der Waals surface area (Å²) in [6.07, 6.45) is 71.3. The zero-order valence-corrected chi connectivity index (χ0v) is 44.5. The lowest BCUT2D eigenvalue weighted by Gasteiger charge is -2.18. The number of esters is 2. The van der Waals surface area contributed by atoms with Crippen molar-refractivity contribution in [1.82, 2.24) is 0 Å². The van der Waals surface area contributed by atoms with E-state index in [1.54, 1.807) is 0 Å². The van der Waals surface area contributed by atoms with Crippen LogP contribution in [0.4, 0.5) is 0 Å². The summed E-state index contributed by atoms with van der Waals surface area (Å²) in [6.45, 7) is 7.77. The zero-order chi connectivity index (χ0) is 47.7. The van der Waals surface area contributed by atoms with Crippen molar-refractivity contribution in [3.8, 4) is 0 Å². The molecule has 1 atom stereocenters. The van der Waals surface area contributed by atoms with E-state index in [-0.39, 0.29) is 25.2 Å². The monoisotopic (exact) mass is 925 g/mol. The van der Waals surface area contributed by atoms with Gasteiger partial charge in [-0.1, -0.05) is 262 Å². The normalized spacial score (nSPS) is 12.5. The molecule has 0 bridgehead atoms. The van der Waals surface area contributed by atoms with Crippen molar-refractivity contribution in [1.29, 1.82) is 0 Å². The van der Waals surface area contributed by atoms with Crippen LogP contribution in [-0.4, -0.2) is 37.9 Å². The molecule has 0 saturated heterocycles. The molecule has 0 N–H and O–H groups in total. The molecule has 0 aromatic carbocycles. The smallest absolute Gasteiger partial charge is 0.306 e. The predicted molar refractivity (Wildman–Crippen MR) is 288 cm³/mol. The van der Waals surface area contributed by atoms with Crippen molar-refractivity contribution in [3.63, 3.8) is 0 Å². The Morgan fingerprint density at radius 2 is 0.667 bits per heavy atom. The van der Waals surface area contributed by atoms with E-state index in [1.807, 2.05) is 0 Å². The van der Waals surface area contributed by atoms with E-state index < -0.39 is 6.10 Å². The second kappa shape index (κ2) is 57.2. The van der Waals surface area contributed by atoms with Crippen LogP contribution >= 0.6 is 0 Å². The maximum atomic E-state index is 12.8. The molecule has 0 amide bonds. The maximum Gasteiger partial charge on any atom is 0.306 e. The van der Waals surface area contributed by atoms with Crippen molar-refractivity contribution < 1.29 is 23.8 Å². The van der Waals surface area contributed by atoms with Crippen LogP contribution in [0.3, 0.4) is 0 Å². The Balaban J connectivity index is 4.22. The van der Waals surface area contributed by atoms with Crippen LogP contribution in [0, 0.1) is 0 Å². The summed E-state index contributed by atoms with van der Waals surface area (Å²) in [7, 11) is 0. The van der Waals surface area contributed by atoms with Crippen LogP contribution in [0.15, 0.2) is 48.6 Å². The number of rotatable bonds is 54. The largest absolute Gasteiger partial charge is 0.462 e. The number of hydrogen-bond acceptors (Lipinski definition) is 5. The molecule has 0 aromatic rings. The third-order valence-corrected chi connectivity index (χ3v) is 12.8. The molecule has 0 rings (SSSR count). The van der Waals surface area contributed by atoms with Crippen LogP contribution < -0.4 is 0 Å². The quantitative estimate of drug-likeness (QED) is 0.0345. The molecular formula is C61H112O5. The van der Waals surface area contributed by atoms with Crippen molar-refractivity contribution in [2.24, 2.45) is 0 Å². The Labute approximate surface area is 412 Å². The minimum absolute atomic E-state index is 0.0823. The molecule has 0 heterocycles. The maximum absolute atomic E-state index is 12.8. The molecule has 5 nitrogen and oxygen atoms in total. The molecule has 0 aliphatic carbocycles. The van der Waals surface area contributed by atoms with Crippen molar-refractivity contribution >= 4 is 11.9 Å². The van der Waals surface area contributed by atoms with Crippen LogP contribution in [-0.2, 0) is 23.8 Å². The fourth-order valence-electron chi connectivity index (χ4n) is 8.46. The van der Waals surface area contributed by atoms with Gasteiger partial charge in [0.2, 0.25) is 0 Å². The molecular weight excluding hydrogens is 813 g/mol. The highest BCUT2D eigenvalue weighted by molar-refractivity contribution is 5.70. The van der Waals surface area contributed by atoms with Crippen molar-refractivity contribution in [2.45, 2.75) is 309 Å². The van der Waals surface area contributed by atoms with Crippen LogP contribution in [0.5, 0.6) is 0 Å². The van der Waals surface area contributed by atoms with E-state index in [4.69, 9.17) is 14.2 Å². The number of ether oxygens (including phenoxy) is 3. The van der Waals surface area contributed by atoms with Gasteiger partial charge in [-0.3, -0.25) is 9.59 Å². The number of carbonyl (C=O) groups excluding carboxylic acids is 2. The van der Waals surface area contributed by atoms with Gasteiger partial charge in [0.05, 0.1) is 6.61 Å². The topological polar surface area (TPSA) is 61.8 Å². The number of unbranched alkanes of at least 4 members (excludes halogenated alkanes) is 35. The summed E-state index contributed by atoms with van der Waals surface area (Å²) in [4.78, 5) is 25.5. The van der Waals surface area contributed by atoms with Gasteiger partial charge in [0.1, 0.15) is 6.61 Å². The van der Waals surface area contributed by atoms with Crippen LogP contribution in [0.25, 0.3) is 0 Å². The highest BCUT2D eigenvalue weighted by atomic mass is 16.6. The van der Waals surface area contributed by atoms with Gasteiger partial charge in [0.25, 0.3) is 0 Å². The Bertz CT molecular complexity index is 1090. The summed E-state index contributed by atoms with van der Waals surface area (Å²) >= 11 is 0. The molecule has 0 aliphatic rings. The molecule has 5 heteroatoms. The van der Waals surface area contributed by atoms with Gasteiger partial charge >= 0.3 is 11.9 Å². The number of allylic oxidation sites excluding steroid dienone is 8. The van der Waals surface area contributed by atoms with Gasteiger partial charge in [-0.05, 0) is 77.0 Å². The minimum atomic E-state index is -0.543. The van der Waals surface area contributed by atoms with Gasteiger partial charge in [0, 0.05) is 19.4 Å². The molecule has 0 aliphatic heterocycles. The molecule has 0 aromatic heterocycles. The first-order valence-corrected chi connectivity index (χ1v) is 29.2. The number of carbonyl (C=O) groups is 2. The van der Waals surface area contributed by atoms with E-state index >= 15 is 0 Å². The van der Waals surface area contributed by atoms with E-state index in [9.17, 15) is 9.59 Å². The molecule has 66 heavy (non-hydrogen) atoms. The highest BCUT2D eigenvalue weighted by Gasteiger charge is 2.17. The first kappa shape index (κ1) is 63.9. The second-order valence-electron chi connectivity index (χ2n) is 19.5. The molecule has 0 spiro atoms. The van der Waals surface area contributed by atoms with Gasteiger partial charge in [-0.25, -0.2) is 0 Å². The third kappa shape index (κ3) is 54.5. The van der Waals surface area contributed by atoms with Gasteiger partial charge in [-0.15, -0.1) is 0 Å². The van der Waals surface area contributed by atoms with E-state index in [0.717, 1.165) is 64.2 Å². The fraction of sp³-hybridized carbons (Fsp3) is 0.836. The van der Waals surface area contributed by atoms with E-state index in [0.29, 0.717) is 19.4 Å². The minimum Gasteiger partial charge on any atom is -0.462 e. The van der Waals surface area contributed by atoms with E-state index in [2.05, 4.69) is 69.4 Å². The summed E-state index contributed by atoms with van der Waals surface area (Å²) < 4.78 is 17.5. The molecule has 0 radical (unpaired) electrons. The van der Waals surface area contributed by atoms with Crippen molar-refractivity contribution in [2.75, 3.05) is 19.8 Å². The van der Waals surface area contributed by atoms with Crippen LogP contribution in [0.2, 0.25) is 0 Å². The average molecular weight is 926 g/mol. The Morgan fingerprint density at radius 3 is 1.09 bits per heavy atom. The Kier molecular flexibility index (Phi) is 55.3. The molecule has 1 unspecified atom stereocenters. The Morgan fingerprint density at radius 1 is 0.333 bits per heavy atom. The second-order valence-corrected chi connectivity index (χ2v) is 19.5. The number of hydrogen-bond donors (Lipinski definition) is 0. The zero-order valence-electron chi connectivity index (χ0n) is 44.5. The lowest BCUT2D eigenvalue weighted by atomic mass is 10.0. The first-order chi connectivity index (χ1) is 32.6. The highest BCUT2D eigenvalue weighted by Crippen LogP contribution is 2.16. The summed E-state index contributed by atoms with van der Waals surface area (Å²) in [6, 6.07) is 0. The molecule has 0 saturated carbocycles. The fourth-order valence-corrected chi connectivity index (χ4v) is 8.46. The average Bonchev–Trinajstić information content (AvgIpc) is 3.32. The van der Waals surface area contributed by atoms with Crippen LogP contribution in [0.1, 0.15) is 303 Å². The Hall–Kier alpha value is -2.14. The molecule has 386 valence electrons. The predicted octanol–water partition coefficient (Wildman–Crippen LogP) is 19.9. The summed E-state index contributed by atoms with van der Waals surface area (Å²) in [5, 5.41) is 0. The summed E-state index contributed by atoms with van der Waals surface area (Å²) in [5.41, 5.74) is 0. The van der Waals surface area contributed by atoms with E-state index in [1.165, 1.54) is 205 Å². The SMILES string of the molecule is CCC/C=C\C/C=C\CCCCCCCC(=O)OC(COCCCCCCCCCCCC/C=C\C/C=C\CCCCC)COC(=O)CCCCCCCCCCCCCCCCCCC.